The van der Waals surface area contributed by atoms with Crippen molar-refractivity contribution in [1.29, 1.82) is 0 Å². The van der Waals surface area contributed by atoms with E-state index in [2.05, 4.69) is 19.7 Å². The number of rotatable bonds is 4. The zero-order valence-corrected chi connectivity index (χ0v) is 12.0. The molecule has 3 rings (SSSR count). The standard InChI is InChI=1S/C14H13N3O3S/c1-10(11-6-3-2-4-7-11)17-21(18,19)13-9-5-8-12-14(13)16-20-15-12/h2-10,17H,1H3/t10-/m1/s1. The van der Waals surface area contributed by atoms with E-state index in [9.17, 15) is 8.42 Å². The highest BCUT2D eigenvalue weighted by Crippen LogP contribution is 2.22. The lowest BCUT2D eigenvalue weighted by Crippen LogP contribution is -2.27. The molecule has 0 bridgehead atoms. The van der Waals surface area contributed by atoms with Gasteiger partial charge in [0.15, 0.2) is 5.52 Å². The molecule has 1 atom stereocenters. The van der Waals surface area contributed by atoms with Gasteiger partial charge >= 0.3 is 0 Å². The van der Waals surface area contributed by atoms with E-state index >= 15 is 0 Å². The lowest BCUT2D eigenvalue weighted by Gasteiger charge is -2.14. The van der Waals surface area contributed by atoms with Gasteiger partial charge in [-0.3, -0.25) is 0 Å². The van der Waals surface area contributed by atoms with Crippen molar-refractivity contribution in [2.75, 3.05) is 0 Å². The molecule has 1 N–H and O–H groups in total. The van der Waals surface area contributed by atoms with Crippen LogP contribution in [0.2, 0.25) is 0 Å². The quantitative estimate of drug-likeness (QED) is 0.799. The molecule has 0 aliphatic rings. The topological polar surface area (TPSA) is 85.1 Å². The zero-order chi connectivity index (χ0) is 14.9. The van der Waals surface area contributed by atoms with Crippen LogP contribution in [0.25, 0.3) is 11.0 Å². The number of nitrogens with one attached hydrogen (secondary N) is 1. The number of fused-ring (bicyclic) bond motifs is 1. The van der Waals surface area contributed by atoms with Gasteiger partial charge in [0, 0.05) is 6.04 Å². The zero-order valence-electron chi connectivity index (χ0n) is 11.2. The van der Waals surface area contributed by atoms with Crippen LogP contribution in [0.3, 0.4) is 0 Å². The van der Waals surface area contributed by atoms with Gasteiger partial charge in [-0.1, -0.05) is 36.4 Å². The molecule has 0 amide bonds. The first-order valence-electron chi connectivity index (χ1n) is 6.36. The first-order valence-corrected chi connectivity index (χ1v) is 7.85. The van der Waals surface area contributed by atoms with Crippen LogP contribution >= 0.6 is 0 Å². The predicted molar refractivity (Wildman–Crippen MR) is 77.0 cm³/mol. The van der Waals surface area contributed by atoms with Crippen molar-refractivity contribution in [3.63, 3.8) is 0 Å². The van der Waals surface area contributed by atoms with Gasteiger partial charge in [0.25, 0.3) is 0 Å². The van der Waals surface area contributed by atoms with E-state index in [1.807, 2.05) is 30.3 Å². The summed E-state index contributed by atoms with van der Waals surface area (Å²) in [7, 11) is -3.72. The molecular formula is C14H13N3O3S. The Morgan fingerprint density at radius 3 is 2.57 bits per heavy atom. The molecule has 108 valence electrons. The molecule has 21 heavy (non-hydrogen) atoms. The molecule has 0 aliphatic heterocycles. The van der Waals surface area contributed by atoms with E-state index in [0.717, 1.165) is 5.56 Å². The monoisotopic (exact) mass is 303 g/mol. The van der Waals surface area contributed by atoms with Crippen LogP contribution in [0.5, 0.6) is 0 Å². The molecule has 2 aromatic carbocycles. The fourth-order valence-corrected chi connectivity index (χ4v) is 3.49. The molecule has 3 aromatic rings. The highest BCUT2D eigenvalue weighted by molar-refractivity contribution is 7.89. The molecule has 0 radical (unpaired) electrons. The fourth-order valence-electron chi connectivity index (χ4n) is 2.10. The van der Waals surface area contributed by atoms with Gasteiger partial charge in [-0.15, -0.1) is 0 Å². The van der Waals surface area contributed by atoms with Gasteiger partial charge in [0.05, 0.1) is 0 Å². The average Bonchev–Trinajstić information content (AvgIpc) is 2.95. The van der Waals surface area contributed by atoms with Gasteiger partial charge in [-0.2, -0.15) is 0 Å². The molecule has 7 heteroatoms. The Bertz CT molecular complexity index is 859. The van der Waals surface area contributed by atoms with Crippen molar-refractivity contribution in [2.45, 2.75) is 17.9 Å². The Balaban J connectivity index is 1.96. The third kappa shape index (κ3) is 2.65. The van der Waals surface area contributed by atoms with Crippen LogP contribution in [0.1, 0.15) is 18.5 Å². The maximum absolute atomic E-state index is 12.5. The van der Waals surface area contributed by atoms with Crippen LogP contribution in [-0.4, -0.2) is 18.7 Å². The van der Waals surface area contributed by atoms with E-state index in [4.69, 9.17) is 0 Å². The van der Waals surface area contributed by atoms with Gasteiger partial charge in [0.2, 0.25) is 10.0 Å². The van der Waals surface area contributed by atoms with Crippen LogP contribution in [0.4, 0.5) is 0 Å². The van der Waals surface area contributed by atoms with E-state index in [0.29, 0.717) is 5.52 Å². The van der Waals surface area contributed by atoms with Crippen molar-refractivity contribution in [3.05, 3.63) is 54.1 Å². The molecule has 1 heterocycles. The van der Waals surface area contributed by atoms with Crippen molar-refractivity contribution in [2.24, 2.45) is 0 Å². The molecule has 0 aliphatic carbocycles. The van der Waals surface area contributed by atoms with Crippen LogP contribution in [-0.2, 0) is 10.0 Å². The largest absolute Gasteiger partial charge is 0.243 e. The van der Waals surface area contributed by atoms with Gasteiger partial charge in [-0.05, 0) is 34.9 Å². The van der Waals surface area contributed by atoms with E-state index in [1.165, 1.54) is 6.07 Å². The molecular weight excluding hydrogens is 290 g/mol. The Morgan fingerprint density at radius 1 is 1.05 bits per heavy atom. The normalized spacial score (nSPS) is 13.4. The number of nitrogens with zero attached hydrogens (tertiary/aromatic N) is 2. The molecule has 0 fully saturated rings. The second-order valence-electron chi connectivity index (χ2n) is 4.64. The van der Waals surface area contributed by atoms with Crippen LogP contribution < -0.4 is 4.72 Å². The lowest BCUT2D eigenvalue weighted by molar-refractivity contribution is 0.315. The number of benzene rings is 2. The minimum Gasteiger partial charge on any atom is -0.243 e. The van der Waals surface area contributed by atoms with Crippen molar-refractivity contribution >= 4 is 21.1 Å². The molecule has 0 spiro atoms. The third-order valence-corrected chi connectivity index (χ3v) is 4.74. The van der Waals surface area contributed by atoms with Crippen molar-refractivity contribution < 1.29 is 13.0 Å². The van der Waals surface area contributed by atoms with Crippen molar-refractivity contribution in [1.82, 2.24) is 15.0 Å². The van der Waals surface area contributed by atoms with Crippen LogP contribution in [0, 0.1) is 0 Å². The van der Waals surface area contributed by atoms with E-state index in [1.54, 1.807) is 19.1 Å². The summed E-state index contributed by atoms with van der Waals surface area (Å²) in [5.74, 6) is 0. The fraction of sp³-hybridized carbons (Fsp3) is 0.143. The first-order chi connectivity index (χ1) is 10.1. The summed E-state index contributed by atoms with van der Waals surface area (Å²) in [5, 5.41) is 7.31. The molecule has 1 aromatic heterocycles. The number of hydrogen-bond acceptors (Lipinski definition) is 5. The Labute approximate surface area is 121 Å². The predicted octanol–water partition coefficient (Wildman–Crippen LogP) is 2.26. The SMILES string of the molecule is C[C@@H](NS(=O)(=O)c1cccc2nonc12)c1ccccc1. The summed E-state index contributed by atoms with van der Waals surface area (Å²) in [6.07, 6.45) is 0. The molecule has 0 unspecified atom stereocenters. The Kier molecular flexibility index (Phi) is 3.44. The second-order valence-corrected chi connectivity index (χ2v) is 6.32. The van der Waals surface area contributed by atoms with Crippen molar-refractivity contribution in [3.8, 4) is 0 Å². The number of sulfonamides is 1. The average molecular weight is 303 g/mol. The number of hydrogen-bond donors (Lipinski definition) is 1. The number of aromatic nitrogens is 2. The van der Waals surface area contributed by atoms with Gasteiger partial charge < -0.3 is 0 Å². The van der Waals surface area contributed by atoms with Crippen LogP contribution in [0.15, 0.2) is 58.1 Å². The summed E-state index contributed by atoms with van der Waals surface area (Å²) in [6.45, 7) is 1.79. The van der Waals surface area contributed by atoms with Gasteiger partial charge in [0.1, 0.15) is 10.4 Å². The van der Waals surface area contributed by atoms with E-state index < -0.39 is 10.0 Å². The summed E-state index contributed by atoms with van der Waals surface area (Å²) >= 11 is 0. The Morgan fingerprint density at radius 2 is 1.81 bits per heavy atom. The maximum Gasteiger partial charge on any atom is 0.243 e. The first kappa shape index (κ1) is 13.7. The lowest BCUT2D eigenvalue weighted by atomic mass is 10.1. The van der Waals surface area contributed by atoms with Gasteiger partial charge in [-0.25, -0.2) is 17.8 Å². The molecule has 0 saturated carbocycles. The summed E-state index contributed by atoms with van der Waals surface area (Å²) in [6, 6.07) is 13.7. The third-order valence-electron chi connectivity index (χ3n) is 3.17. The molecule has 0 saturated heterocycles. The van der Waals surface area contributed by atoms with E-state index in [-0.39, 0.29) is 16.5 Å². The highest BCUT2D eigenvalue weighted by atomic mass is 32.2. The summed E-state index contributed by atoms with van der Waals surface area (Å²) in [5.41, 5.74) is 1.52. The second kappa shape index (κ2) is 5.27. The highest BCUT2D eigenvalue weighted by Gasteiger charge is 2.22. The smallest absolute Gasteiger partial charge is 0.243 e. The maximum atomic E-state index is 12.5. The minimum absolute atomic E-state index is 0.0593. The molecule has 6 nitrogen and oxygen atoms in total. The summed E-state index contributed by atoms with van der Waals surface area (Å²) in [4.78, 5) is 0.0593. The Hall–Kier alpha value is -2.25. The summed E-state index contributed by atoms with van der Waals surface area (Å²) < 4.78 is 32.2. The minimum atomic E-state index is -3.72.